The predicted octanol–water partition coefficient (Wildman–Crippen LogP) is 1.18. The number of rotatable bonds is 19. The van der Waals surface area contributed by atoms with Crippen molar-refractivity contribution < 1.29 is 46.5 Å². The van der Waals surface area contributed by atoms with Crippen molar-refractivity contribution in [2.75, 3.05) is 17.6 Å². The van der Waals surface area contributed by atoms with Crippen molar-refractivity contribution in [3.63, 3.8) is 0 Å². The highest BCUT2D eigenvalue weighted by Crippen LogP contribution is 2.13. The summed E-state index contributed by atoms with van der Waals surface area (Å²) in [7, 11) is -4.72. The van der Waals surface area contributed by atoms with E-state index in [1.807, 2.05) is 0 Å². The lowest BCUT2D eigenvalue weighted by molar-refractivity contribution is -0.137. The molecule has 0 aromatic heterocycles. The van der Waals surface area contributed by atoms with Gasteiger partial charge in [-0.3, -0.25) is 38.2 Å². The van der Waals surface area contributed by atoms with E-state index in [1.54, 1.807) is 45.0 Å². The Bertz CT molecular complexity index is 1460. The van der Waals surface area contributed by atoms with Crippen molar-refractivity contribution in [3.8, 4) is 0 Å². The fourth-order valence-electron chi connectivity index (χ4n) is 4.34. The third-order valence-corrected chi connectivity index (χ3v) is 7.68. The molecule has 1 aliphatic rings. The Morgan fingerprint density at radius 1 is 0.894 bits per heavy atom. The average molecular weight is 678 g/mol. The number of allylic oxidation sites excluding steroid dienone is 1. The van der Waals surface area contributed by atoms with Crippen molar-refractivity contribution in [2.24, 2.45) is 5.92 Å². The molecule has 0 spiro atoms. The molecule has 1 aromatic rings. The summed E-state index contributed by atoms with van der Waals surface area (Å²) in [6.45, 7) is 10.6. The predicted molar refractivity (Wildman–Crippen MR) is 172 cm³/mol. The fourth-order valence-corrected chi connectivity index (χ4v) is 5.00. The van der Waals surface area contributed by atoms with Crippen LogP contribution < -0.4 is 21.3 Å². The number of anilines is 1. The molecule has 15 nitrogen and oxygen atoms in total. The standard InChI is InChI=1S/C31H43N5O10S/c1-19(2)28(31(42)32-21(5)29(40)33-23-12-10-22(11-13-23)17-46-20(3)4)35-30(41)24(18-47(43,44)45)34-25(37)9-7-6-8-16-36-26(38)14-15-27(36)39/h10-15,19,21,24,28H,3,6-9,16-18H2,1-2,4-5H3,(H,32,42)(H,33,40)(H,34,37)(H,35,41)(H,43,44,45)/t21-,24-,28-/m1/s1. The van der Waals surface area contributed by atoms with Crippen molar-refractivity contribution in [1.29, 1.82) is 0 Å². The SMILES string of the molecule is C=C(C)OCc1ccc(NC(=O)[C@@H](C)NC(=O)[C@H](NC(=O)[C@@H](CS(=O)(=O)O)NC(=O)CCCCCN2C(=O)C=CC2=O)C(C)C)cc1. The minimum Gasteiger partial charge on any atom is -0.494 e. The third-order valence-electron chi connectivity index (χ3n) is 6.92. The number of nitrogens with zero attached hydrogens (tertiary/aromatic N) is 1. The lowest BCUT2D eigenvalue weighted by atomic mass is 10.0. The summed E-state index contributed by atoms with van der Waals surface area (Å²) in [5.41, 5.74) is 1.33. The van der Waals surface area contributed by atoms with Crippen LogP contribution in [-0.4, -0.2) is 83.7 Å². The molecule has 0 bridgehead atoms. The first-order valence-electron chi connectivity index (χ1n) is 15.0. The van der Waals surface area contributed by atoms with E-state index in [0.29, 0.717) is 37.3 Å². The van der Waals surface area contributed by atoms with Crippen LogP contribution in [0.25, 0.3) is 0 Å². The summed E-state index contributed by atoms with van der Waals surface area (Å²) < 4.78 is 38.0. The minimum atomic E-state index is -4.72. The normalized spacial score (nSPS) is 14.7. The molecule has 1 heterocycles. The van der Waals surface area contributed by atoms with E-state index in [2.05, 4.69) is 27.8 Å². The Kier molecular flexibility index (Phi) is 14.7. The van der Waals surface area contributed by atoms with Gasteiger partial charge in [0.15, 0.2) is 0 Å². The van der Waals surface area contributed by atoms with Crippen LogP contribution in [0.5, 0.6) is 0 Å². The average Bonchev–Trinajstić information content (AvgIpc) is 3.30. The number of carbonyl (C=O) groups is 6. The highest BCUT2D eigenvalue weighted by Gasteiger charge is 2.32. The smallest absolute Gasteiger partial charge is 0.267 e. The molecular formula is C31H43N5O10S. The summed E-state index contributed by atoms with van der Waals surface area (Å²) in [4.78, 5) is 75.7. The van der Waals surface area contributed by atoms with Gasteiger partial charge >= 0.3 is 0 Å². The lowest BCUT2D eigenvalue weighted by Crippen LogP contribution is -2.58. The molecule has 3 atom stereocenters. The Morgan fingerprint density at radius 2 is 1.51 bits per heavy atom. The zero-order chi connectivity index (χ0) is 35.3. The van der Waals surface area contributed by atoms with Gasteiger partial charge in [-0.25, -0.2) is 0 Å². The molecule has 5 N–H and O–H groups in total. The molecule has 258 valence electrons. The van der Waals surface area contributed by atoms with Crippen LogP contribution in [0.3, 0.4) is 0 Å². The van der Waals surface area contributed by atoms with Gasteiger partial charge in [0.2, 0.25) is 23.6 Å². The molecule has 6 amide bonds. The van der Waals surface area contributed by atoms with Crippen molar-refractivity contribution in [1.82, 2.24) is 20.9 Å². The van der Waals surface area contributed by atoms with Crippen LogP contribution in [0.1, 0.15) is 58.9 Å². The van der Waals surface area contributed by atoms with Gasteiger partial charge in [-0.15, -0.1) is 0 Å². The molecule has 0 radical (unpaired) electrons. The second kappa shape index (κ2) is 17.9. The number of benzene rings is 1. The maximum absolute atomic E-state index is 13.1. The molecule has 16 heteroatoms. The molecular weight excluding hydrogens is 634 g/mol. The van der Waals surface area contributed by atoms with Crippen LogP contribution in [0.15, 0.2) is 48.8 Å². The molecule has 0 unspecified atom stereocenters. The molecule has 1 aromatic carbocycles. The molecule has 47 heavy (non-hydrogen) atoms. The molecule has 0 aliphatic carbocycles. The summed E-state index contributed by atoms with van der Waals surface area (Å²) in [6.07, 6.45) is 3.43. The zero-order valence-electron chi connectivity index (χ0n) is 26.9. The summed E-state index contributed by atoms with van der Waals surface area (Å²) in [6, 6.07) is 2.88. The monoisotopic (exact) mass is 677 g/mol. The number of hydrogen-bond donors (Lipinski definition) is 5. The maximum atomic E-state index is 13.1. The molecule has 0 saturated carbocycles. The summed E-state index contributed by atoms with van der Waals surface area (Å²) in [5.74, 6) is -4.90. The molecule has 0 fully saturated rings. The van der Waals surface area contributed by atoms with E-state index >= 15 is 0 Å². The van der Waals surface area contributed by atoms with Crippen LogP contribution in [-0.2, 0) is 50.2 Å². The number of carbonyl (C=O) groups excluding carboxylic acids is 6. The Morgan fingerprint density at radius 3 is 2.06 bits per heavy atom. The van der Waals surface area contributed by atoms with Gasteiger partial charge in [-0.1, -0.05) is 39.0 Å². The quantitative estimate of drug-likeness (QED) is 0.0610. The molecule has 2 rings (SSSR count). The van der Waals surface area contributed by atoms with E-state index in [0.717, 1.165) is 10.5 Å². The van der Waals surface area contributed by atoms with E-state index in [1.165, 1.54) is 19.1 Å². The first-order chi connectivity index (χ1) is 22.0. The summed E-state index contributed by atoms with van der Waals surface area (Å²) >= 11 is 0. The van der Waals surface area contributed by atoms with Crippen molar-refractivity contribution in [2.45, 2.75) is 78.1 Å². The molecule has 0 saturated heterocycles. The van der Waals surface area contributed by atoms with Crippen LogP contribution in [0.4, 0.5) is 5.69 Å². The second-order valence-corrected chi connectivity index (χ2v) is 13.0. The topological polar surface area (TPSA) is 217 Å². The van der Waals surface area contributed by atoms with Crippen LogP contribution in [0, 0.1) is 5.92 Å². The van der Waals surface area contributed by atoms with E-state index < -0.39 is 75.4 Å². The Hall–Kier alpha value is -4.57. The van der Waals surface area contributed by atoms with Gasteiger partial charge in [0.05, 0.1) is 5.76 Å². The van der Waals surface area contributed by atoms with Crippen molar-refractivity contribution >= 4 is 51.2 Å². The number of hydrogen-bond acceptors (Lipinski definition) is 9. The van der Waals surface area contributed by atoms with E-state index in [9.17, 15) is 41.7 Å². The first kappa shape index (κ1) is 38.6. The Labute approximate surface area is 274 Å². The van der Waals surface area contributed by atoms with Crippen LogP contribution in [0.2, 0.25) is 0 Å². The fraction of sp³-hybridized carbons (Fsp3) is 0.484. The van der Waals surface area contributed by atoms with Gasteiger partial charge in [0, 0.05) is 30.8 Å². The zero-order valence-corrected chi connectivity index (χ0v) is 27.7. The number of ether oxygens (including phenoxy) is 1. The van der Waals surface area contributed by atoms with Gasteiger partial charge in [0.1, 0.15) is 30.5 Å². The summed E-state index contributed by atoms with van der Waals surface area (Å²) in [5, 5.41) is 9.90. The largest absolute Gasteiger partial charge is 0.494 e. The highest BCUT2D eigenvalue weighted by atomic mass is 32.2. The van der Waals surface area contributed by atoms with Crippen molar-refractivity contribution in [3.05, 3.63) is 54.3 Å². The highest BCUT2D eigenvalue weighted by molar-refractivity contribution is 7.85. The van der Waals surface area contributed by atoms with Gasteiger partial charge in [0.25, 0.3) is 21.9 Å². The van der Waals surface area contributed by atoms with Gasteiger partial charge in [-0.2, -0.15) is 8.42 Å². The minimum absolute atomic E-state index is 0.110. The Balaban J connectivity index is 1.93. The number of imide groups is 1. The maximum Gasteiger partial charge on any atom is 0.267 e. The van der Waals surface area contributed by atoms with Gasteiger partial charge < -0.3 is 26.0 Å². The van der Waals surface area contributed by atoms with Crippen LogP contribution >= 0.6 is 0 Å². The van der Waals surface area contributed by atoms with E-state index in [4.69, 9.17) is 4.74 Å². The van der Waals surface area contributed by atoms with E-state index in [-0.39, 0.29) is 13.0 Å². The van der Waals surface area contributed by atoms with Gasteiger partial charge in [-0.05, 0) is 50.3 Å². The number of amides is 6. The molecule has 1 aliphatic heterocycles. The second-order valence-electron chi connectivity index (χ2n) is 11.5. The first-order valence-corrected chi connectivity index (χ1v) is 16.6. The lowest BCUT2D eigenvalue weighted by Gasteiger charge is -2.26. The number of nitrogens with one attached hydrogen (secondary N) is 4. The number of unbranched alkanes of at least 4 members (excludes halogenated alkanes) is 2. The third kappa shape index (κ3) is 13.8.